The van der Waals surface area contributed by atoms with Gasteiger partial charge in [0.2, 0.25) is 0 Å². The summed E-state index contributed by atoms with van der Waals surface area (Å²) in [5.74, 6) is -0.200. The molecule has 0 bridgehead atoms. The minimum absolute atomic E-state index is 0.200. The number of nitrogens with zero attached hydrogens (tertiary/aromatic N) is 1. The first-order valence-electron chi connectivity index (χ1n) is 5.82. The highest BCUT2D eigenvalue weighted by molar-refractivity contribution is 7.80. The first-order valence-corrected chi connectivity index (χ1v) is 6.26. The summed E-state index contributed by atoms with van der Waals surface area (Å²) in [5, 5.41) is 2.80. The highest BCUT2D eigenvalue weighted by atomic mass is 32.1. The van der Waals surface area contributed by atoms with E-state index in [1.54, 1.807) is 35.4 Å². The Morgan fingerprint density at radius 1 is 1.37 bits per heavy atom. The van der Waals surface area contributed by atoms with Crippen molar-refractivity contribution in [3.05, 3.63) is 48.2 Å². The molecule has 1 aliphatic heterocycles. The lowest BCUT2D eigenvalue weighted by Crippen LogP contribution is -2.42. The quantitative estimate of drug-likeness (QED) is 0.617. The molecule has 0 saturated carbocycles. The van der Waals surface area contributed by atoms with Crippen LogP contribution in [0.4, 0.5) is 5.69 Å². The summed E-state index contributed by atoms with van der Waals surface area (Å²) in [7, 11) is 0. The van der Waals surface area contributed by atoms with Crippen molar-refractivity contribution in [2.75, 3.05) is 12.0 Å². The number of carbonyl (C=O) groups excluding carboxylic acids is 1. The van der Waals surface area contributed by atoms with E-state index in [0.717, 1.165) is 4.90 Å². The molecule has 1 atom stereocenters. The van der Waals surface area contributed by atoms with E-state index in [1.807, 2.05) is 12.1 Å². The van der Waals surface area contributed by atoms with Crippen molar-refractivity contribution in [2.24, 2.45) is 11.5 Å². The maximum atomic E-state index is 12.1. The number of hydrogen-bond acceptors (Lipinski definition) is 5. The zero-order chi connectivity index (χ0) is 13.8. The molecular weight excluding hydrogens is 260 g/mol. The average Bonchev–Trinajstić information content (AvgIpc) is 2.42. The van der Waals surface area contributed by atoms with Crippen LogP contribution >= 0.6 is 12.6 Å². The Balaban J connectivity index is 2.08. The van der Waals surface area contributed by atoms with Gasteiger partial charge in [0.15, 0.2) is 0 Å². The van der Waals surface area contributed by atoms with E-state index >= 15 is 0 Å². The van der Waals surface area contributed by atoms with Gasteiger partial charge in [-0.3, -0.25) is 4.79 Å². The Labute approximate surface area is 117 Å². The minimum atomic E-state index is -0.287. The van der Waals surface area contributed by atoms with Gasteiger partial charge in [-0.2, -0.15) is 0 Å². The number of nitrogens with one attached hydrogen (secondary N) is 1. The highest BCUT2D eigenvalue weighted by Gasteiger charge is 2.16. The molecule has 1 aromatic rings. The predicted octanol–water partition coefficient (Wildman–Crippen LogP) is 0.870. The van der Waals surface area contributed by atoms with E-state index in [0.29, 0.717) is 11.3 Å². The van der Waals surface area contributed by atoms with Gasteiger partial charge in [0.1, 0.15) is 0 Å². The molecule has 0 aromatic heterocycles. The lowest BCUT2D eigenvalue weighted by molar-refractivity contribution is -0.112. The number of anilines is 1. The average molecular weight is 276 g/mol. The molecule has 19 heavy (non-hydrogen) atoms. The van der Waals surface area contributed by atoms with Crippen LogP contribution in [-0.2, 0) is 4.79 Å². The monoisotopic (exact) mass is 276 g/mol. The molecule has 0 fully saturated rings. The maximum Gasteiger partial charge on any atom is 0.257 e. The van der Waals surface area contributed by atoms with Crippen molar-refractivity contribution in [1.29, 1.82) is 0 Å². The van der Waals surface area contributed by atoms with Crippen LogP contribution < -0.4 is 16.8 Å². The van der Waals surface area contributed by atoms with Crippen molar-refractivity contribution in [1.82, 2.24) is 4.90 Å². The molecule has 6 heteroatoms. The molecule has 2 rings (SSSR count). The number of thiol groups is 1. The molecule has 5 N–H and O–H groups in total. The molecule has 100 valence electrons. The third-order valence-corrected chi connectivity index (χ3v) is 3.06. The topological polar surface area (TPSA) is 84.4 Å². The first-order chi connectivity index (χ1) is 9.10. The fourth-order valence-electron chi connectivity index (χ4n) is 1.68. The fraction of sp³-hybridized carbons (Fsp3) is 0.154. The largest absolute Gasteiger partial charge is 0.346 e. The normalized spacial score (nSPS) is 18.2. The van der Waals surface area contributed by atoms with Crippen molar-refractivity contribution < 1.29 is 4.79 Å². The van der Waals surface area contributed by atoms with E-state index in [1.165, 1.54) is 0 Å². The summed E-state index contributed by atoms with van der Waals surface area (Å²) in [6.45, 7) is 0.261. The molecule has 0 radical (unpaired) electrons. The standard InChI is InChI=1S/C13H16N4OS/c14-8-17-7-9(1-6-12(17)15)13(18)16-10-2-4-11(19)5-3-10/h1-7,12,19H,8,14-15H2,(H,16,18). The second-order valence-corrected chi connectivity index (χ2v) is 4.65. The zero-order valence-corrected chi connectivity index (χ0v) is 11.2. The lowest BCUT2D eigenvalue weighted by Gasteiger charge is -2.27. The third-order valence-electron chi connectivity index (χ3n) is 2.76. The van der Waals surface area contributed by atoms with Crippen LogP contribution in [0.3, 0.4) is 0 Å². The number of hydrogen-bond donors (Lipinski definition) is 4. The van der Waals surface area contributed by atoms with E-state index in [4.69, 9.17) is 11.5 Å². The summed E-state index contributed by atoms with van der Waals surface area (Å²) in [6, 6.07) is 7.21. The van der Waals surface area contributed by atoms with Crippen molar-refractivity contribution in [2.45, 2.75) is 11.1 Å². The van der Waals surface area contributed by atoms with Gasteiger partial charge in [-0.1, -0.05) is 0 Å². The Hall–Kier alpha value is -1.76. The molecule has 1 heterocycles. The summed E-state index contributed by atoms with van der Waals surface area (Å²) < 4.78 is 0. The predicted molar refractivity (Wildman–Crippen MR) is 78.4 cm³/mol. The third kappa shape index (κ3) is 3.37. The number of carbonyl (C=O) groups is 1. The Bertz CT molecular complexity index is 524. The van der Waals surface area contributed by atoms with Gasteiger partial charge < -0.3 is 21.7 Å². The van der Waals surface area contributed by atoms with Gasteiger partial charge in [-0.15, -0.1) is 12.6 Å². The van der Waals surface area contributed by atoms with Gasteiger partial charge >= 0.3 is 0 Å². The Kier molecular flexibility index (Phi) is 4.26. The molecule has 1 amide bonds. The van der Waals surface area contributed by atoms with Crippen molar-refractivity contribution in [3.63, 3.8) is 0 Å². The van der Waals surface area contributed by atoms with Crippen LogP contribution in [0.25, 0.3) is 0 Å². The zero-order valence-electron chi connectivity index (χ0n) is 10.3. The number of rotatable bonds is 3. The van der Waals surface area contributed by atoms with Crippen LogP contribution in [-0.4, -0.2) is 23.6 Å². The summed E-state index contributed by atoms with van der Waals surface area (Å²) >= 11 is 4.19. The van der Waals surface area contributed by atoms with Gasteiger partial charge in [0.05, 0.1) is 18.4 Å². The number of nitrogens with two attached hydrogens (primary N) is 2. The Morgan fingerprint density at radius 2 is 2.05 bits per heavy atom. The molecule has 0 saturated heterocycles. The molecule has 0 aliphatic carbocycles. The second-order valence-electron chi connectivity index (χ2n) is 4.13. The summed E-state index contributed by atoms with van der Waals surface area (Å²) in [5.41, 5.74) is 12.6. The SMILES string of the molecule is NCN1C=C(C(=O)Nc2ccc(S)cc2)C=CC1N. The van der Waals surface area contributed by atoms with E-state index < -0.39 is 0 Å². The van der Waals surface area contributed by atoms with Gasteiger partial charge in [-0.25, -0.2) is 0 Å². The van der Waals surface area contributed by atoms with Crippen LogP contribution in [0, 0.1) is 0 Å². The first kappa shape index (κ1) is 13.7. The molecular formula is C13H16N4OS. The van der Waals surface area contributed by atoms with Gasteiger partial charge in [-0.05, 0) is 36.4 Å². The molecule has 0 spiro atoms. The van der Waals surface area contributed by atoms with E-state index in [9.17, 15) is 4.79 Å². The smallest absolute Gasteiger partial charge is 0.257 e. The number of benzene rings is 1. The maximum absolute atomic E-state index is 12.1. The molecule has 1 unspecified atom stereocenters. The van der Waals surface area contributed by atoms with Crippen LogP contribution in [0.2, 0.25) is 0 Å². The number of amides is 1. The second kappa shape index (κ2) is 5.92. The fourth-order valence-corrected chi connectivity index (χ4v) is 1.83. The van der Waals surface area contributed by atoms with E-state index in [-0.39, 0.29) is 18.7 Å². The van der Waals surface area contributed by atoms with Gasteiger partial charge in [0, 0.05) is 16.8 Å². The molecule has 1 aliphatic rings. The van der Waals surface area contributed by atoms with Crippen molar-refractivity contribution >= 4 is 24.2 Å². The Morgan fingerprint density at radius 3 is 2.68 bits per heavy atom. The van der Waals surface area contributed by atoms with Crippen molar-refractivity contribution in [3.8, 4) is 0 Å². The van der Waals surface area contributed by atoms with Crippen LogP contribution in [0.15, 0.2) is 53.1 Å². The van der Waals surface area contributed by atoms with Crippen LogP contribution in [0.5, 0.6) is 0 Å². The minimum Gasteiger partial charge on any atom is -0.346 e. The van der Waals surface area contributed by atoms with E-state index in [2.05, 4.69) is 17.9 Å². The highest BCUT2D eigenvalue weighted by Crippen LogP contribution is 2.15. The molecule has 1 aromatic carbocycles. The summed E-state index contributed by atoms with van der Waals surface area (Å²) in [6.07, 6.45) is 4.80. The molecule has 5 nitrogen and oxygen atoms in total. The lowest BCUT2D eigenvalue weighted by atomic mass is 10.1. The summed E-state index contributed by atoms with van der Waals surface area (Å²) in [4.78, 5) is 14.6. The van der Waals surface area contributed by atoms with Crippen LogP contribution in [0.1, 0.15) is 0 Å². The van der Waals surface area contributed by atoms with Gasteiger partial charge in [0.25, 0.3) is 5.91 Å².